The Hall–Kier alpha value is -1.90. The molecule has 2 unspecified atom stereocenters. The second-order valence-corrected chi connectivity index (χ2v) is 7.87. The van der Waals surface area contributed by atoms with Gasteiger partial charge in [0.15, 0.2) is 5.69 Å². The molecule has 0 saturated carbocycles. The molecule has 0 aliphatic carbocycles. The molecule has 6 nitrogen and oxygen atoms in total. The topological polar surface area (TPSA) is 64.4 Å². The van der Waals surface area contributed by atoms with Gasteiger partial charge in [-0.25, -0.2) is 4.98 Å². The Morgan fingerprint density at radius 2 is 2.04 bits per heavy atom. The van der Waals surface area contributed by atoms with Gasteiger partial charge in [-0.3, -0.25) is 14.2 Å². The molecule has 0 N–H and O–H groups in total. The molecule has 4 rings (SSSR count). The fourth-order valence-electron chi connectivity index (χ4n) is 4.50. The molecular formula is C18H22F3N3O3. The normalized spacial score (nSPS) is 28.4. The Labute approximate surface area is 154 Å². The number of aryl methyl sites for hydroxylation is 1. The summed E-state index contributed by atoms with van der Waals surface area (Å²) < 4.78 is 45.5. The SMILES string of the molecule is O=C(C1CCOC1)N1CCC2(CCc3nc(C(F)(F)F)cc(=O)n3CC2)C1. The van der Waals surface area contributed by atoms with Crippen molar-refractivity contribution in [2.24, 2.45) is 11.3 Å². The Bertz CT molecular complexity index is 801. The van der Waals surface area contributed by atoms with Crippen molar-refractivity contribution >= 4 is 5.91 Å². The lowest BCUT2D eigenvalue weighted by Gasteiger charge is -2.28. The van der Waals surface area contributed by atoms with Crippen molar-refractivity contribution in [1.82, 2.24) is 14.5 Å². The highest BCUT2D eigenvalue weighted by molar-refractivity contribution is 5.79. The first kappa shape index (κ1) is 18.5. The Kier molecular flexibility index (Phi) is 4.52. The van der Waals surface area contributed by atoms with Gasteiger partial charge in [-0.05, 0) is 31.1 Å². The van der Waals surface area contributed by atoms with Crippen LogP contribution >= 0.6 is 0 Å². The predicted octanol–water partition coefficient (Wildman–Crippen LogP) is 1.85. The minimum absolute atomic E-state index is 0.0817. The zero-order chi connectivity index (χ0) is 19.2. The molecule has 148 valence electrons. The summed E-state index contributed by atoms with van der Waals surface area (Å²) in [7, 11) is 0. The maximum absolute atomic E-state index is 13.0. The molecule has 1 aromatic heterocycles. The first-order valence-electron chi connectivity index (χ1n) is 9.32. The smallest absolute Gasteiger partial charge is 0.381 e. The van der Waals surface area contributed by atoms with Crippen LogP contribution in [-0.2, 0) is 28.7 Å². The van der Waals surface area contributed by atoms with Crippen LogP contribution in [0.15, 0.2) is 10.9 Å². The second-order valence-electron chi connectivity index (χ2n) is 7.87. The van der Waals surface area contributed by atoms with E-state index in [0.29, 0.717) is 58.2 Å². The van der Waals surface area contributed by atoms with Crippen molar-refractivity contribution in [2.45, 2.75) is 44.8 Å². The van der Waals surface area contributed by atoms with Crippen LogP contribution in [0.5, 0.6) is 0 Å². The first-order chi connectivity index (χ1) is 12.8. The molecule has 2 saturated heterocycles. The van der Waals surface area contributed by atoms with Gasteiger partial charge in [0.1, 0.15) is 5.82 Å². The number of fused-ring (bicyclic) bond motifs is 1. The van der Waals surface area contributed by atoms with Crippen molar-refractivity contribution in [1.29, 1.82) is 0 Å². The van der Waals surface area contributed by atoms with Crippen molar-refractivity contribution in [3.05, 3.63) is 27.9 Å². The van der Waals surface area contributed by atoms with Gasteiger partial charge >= 0.3 is 6.18 Å². The quantitative estimate of drug-likeness (QED) is 0.740. The highest BCUT2D eigenvalue weighted by Crippen LogP contribution is 2.41. The summed E-state index contributed by atoms with van der Waals surface area (Å²) in [6, 6.07) is 0.575. The highest BCUT2D eigenvalue weighted by atomic mass is 19.4. The summed E-state index contributed by atoms with van der Waals surface area (Å²) in [5, 5.41) is 0. The Morgan fingerprint density at radius 1 is 1.26 bits per heavy atom. The van der Waals surface area contributed by atoms with E-state index in [1.807, 2.05) is 4.90 Å². The maximum atomic E-state index is 13.0. The number of hydrogen-bond donors (Lipinski definition) is 0. The van der Waals surface area contributed by atoms with Crippen LogP contribution in [0.1, 0.15) is 37.2 Å². The van der Waals surface area contributed by atoms with Crippen molar-refractivity contribution in [3.63, 3.8) is 0 Å². The van der Waals surface area contributed by atoms with Crippen molar-refractivity contribution in [3.8, 4) is 0 Å². The minimum Gasteiger partial charge on any atom is -0.381 e. The average Bonchev–Trinajstić information content (AvgIpc) is 3.24. The van der Waals surface area contributed by atoms with E-state index in [1.54, 1.807) is 0 Å². The van der Waals surface area contributed by atoms with E-state index in [2.05, 4.69) is 4.98 Å². The van der Waals surface area contributed by atoms with Gasteiger partial charge in [0.25, 0.3) is 5.56 Å². The van der Waals surface area contributed by atoms with E-state index in [-0.39, 0.29) is 23.1 Å². The molecule has 1 aromatic rings. The lowest BCUT2D eigenvalue weighted by atomic mass is 9.80. The number of amides is 1. The van der Waals surface area contributed by atoms with E-state index in [4.69, 9.17) is 4.74 Å². The van der Waals surface area contributed by atoms with Crippen molar-refractivity contribution < 1.29 is 22.7 Å². The highest BCUT2D eigenvalue weighted by Gasteiger charge is 2.43. The van der Waals surface area contributed by atoms with Crippen LogP contribution in [0.2, 0.25) is 0 Å². The fraction of sp³-hybridized carbons (Fsp3) is 0.722. The predicted molar refractivity (Wildman–Crippen MR) is 89.0 cm³/mol. The second kappa shape index (κ2) is 6.61. The Balaban J connectivity index is 1.51. The molecule has 27 heavy (non-hydrogen) atoms. The maximum Gasteiger partial charge on any atom is 0.433 e. The van der Waals surface area contributed by atoms with Crippen LogP contribution in [0.25, 0.3) is 0 Å². The van der Waals surface area contributed by atoms with Gasteiger partial charge in [0.2, 0.25) is 5.91 Å². The zero-order valence-corrected chi connectivity index (χ0v) is 14.9. The number of carbonyl (C=O) groups is 1. The number of carbonyl (C=O) groups excluding carboxylic acids is 1. The largest absolute Gasteiger partial charge is 0.433 e. The minimum atomic E-state index is -4.63. The molecule has 2 fully saturated rings. The molecular weight excluding hydrogens is 363 g/mol. The standard InChI is InChI=1S/C18H22F3N3O3/c19-18(20,21)13-9-15(25)24-7-5-17(3-1-14(24)22-13)4-6-23(11-17)16(26)12-2-8-27-10-12/h9,12H,1-8,10-11H2. The first-order valence-corrected chi connectivity index (χ1v) is 9.32. The molecule has 9 heteroatoms. The molecule has 2 atom stereocenters. The molecule has 4 heterocycles. The zero-order valence-electron chi connectivity index (χ0n) is 14.9. The molecule has 1 spiro atoms. The van der Waals surface area contributed by atoms with Crippen LogP contribution in [0, 0.1) is 11.3 Å². The lowest BCUT2D eigenvalue weighted by Crippen LogP contribution is -2.37. The monoisotopic (exact) mass is 385 g/mol. The molecule has 3 aliphatic rings. The third kappa shape index (κ3) is 3.49. The van der Waals surface area contributed by atoms with Crippen LogP contribution < -0.4 is 5.56 Å². The Morgan fingerprint density at radius 3 is 2.74 bits per heavy atom. The summed E-state index contributed by atoms with van der Waals surface area (Å²) >= 11 is 0. The van der Waals surface area contributed by atoms with E-state index >= 15 is 0 Å². The van der Waals surface area contributed by atoms with Crippen LogP contribution in [0.4, 0.5) is 13.2 Å². The molecule has 0 radical (unpaired) electrons. The van der Waals surface area contributed by atoms with E-state index in [0.717, 1.165) is 12.8 Å². The van der Waals surface area contributed by atoms with Crippen molar-refractivity contribution in [2.75, 3.05) is 26.3 Å². The van der Waals surface area contributed by atoms with Crippen LogP contribution in [0.3, 0.4) is 0 Å². The summed E-state index contributed by atoms with van der Waals surface area (Å²) in [6.45, 7) is 2.67. The summed E-state index contributed by atoms with van der Waals surface area (Å²) in [5.74, 6) is 0.225. The summed E-state index contributed by atoms with van der Waals surface area (Å²) in [5.41, 5.74) is -1.94. The van der Waals surface area contributed by atoms with Gasteiger partial charge in [0.05, 0.1) is 12.5 Å². The summed E-state index contributed by atoms with van der Waals surface area (Å²) in [6.07, 6.45) is -1.47. The number of nitrogens with zero attached hydrogens (tertiary/aromatic N) is 3. The fourth-order valence-corrected chi connectivity index (χ4v) is 4.50. The van der Waals surface area contributed by atoms with Gasteiger partial charge in [-0.2, -0.15) is 13.2 Å². The van der Waals surface area contributed by atoms with Gasteiger partial charge in [0, 0.05) is 38.7 Å². The molecule has 3 aliphatic heterocycles. The summed E-state index contributed by atoms with van der Waals surface area (Å²) in [4.78, 5) is 30.4. The number of rotatable bonds is 1. The van der Waals surface area contributed by atoms with Crippen LogP contribution in [-0.4, -0.2) is 46.7 Å². The third-order valence-corrected chi connectivity index (χ3v) is 6.15. The third-order valence-electron chi connectivity index (χ3n) is 6.15. The number of aromatic nitrogens is 2. The van der Waals surface area contributed by atoms with Gasteiger partial charge < -0.3 is 9.64 Å². The number of hydrogen-bond acceptors (Lipinski definition) is 4. The number of halogens is 3. The number of ether oxygens (including phenoxy) is 1. The molecule has 1 amide bonds. The molecule has 0 aromatic carbocycles. The van der Waals surface area contributed by atoms with Gasteiger partial charge in [-0.1, -0.05) is 0 Å². The van der Waals surface area contributed by atoms with E-state index in [9.17, 15) is 22.8 Å². The van der Waals surface area contributed by atoms with Gasteiger partial charge in [-0.15, -0.1) is 0 Å². The number of alkyl halides is 3. The van der Waals surface area contributed by atoms with E-state index in [1.165, 1.54) is 4.57 Å². The lowest BCUT2D eigenvalue weighted by molar-refractivity contribution is -0.141. The molecule has 0 bridgehead atoms. The van der Waals surface area contributed by atoms with E-state index < -0.39 is 17.4 Å². The number of likely N-dealkylation sites (tertiary alicyclic amines) is 1. The average molecular weight is 385 g/mol.